The summed E-state index contributed by atoms with van der Waals surface area (Å²) in [7, 11) is -1.02. The van der Waals surface area contributed by atoms with Gasteiger partial charge in [0.05, 0.1) is 5.01 Å². The van der Waals surface area contributed by atoms with E-state index in [0.29, 0.717) is 17.7 Å². The van der Waals surface area contributed by atoms with Gasteiger partial charge in [0.2, 0.25) is 0 Å². The molecule has 23 heavy (non-hydrogen) atoms. The van der Waals surface area contributed by atoms with Crippen LogP contribution >= 0.6 is 11.3 Å². The van der Waals surface area contributed by atoms with Gasteiger partial charge in [0.15, 0.2) is 0 Å². The molecule has 2 aromatic rings. The molecular weight excluding hydrogens is 322 g/mol. The average Bonchev–Trinajstić information content (AvgIpc) is 2.98. The normalized spacial score (nSPS) is 18.9. The number of carbonyl (C=O) groups is 1. The highest BCUT2D eigenvalue weighted by Gasteiger charge is 2.33. The highest BCUT2D eigenvalue weighted by atomic mass is 32.1. The number of hydrogen-bond donors (Lipinski definition) is 1. The highest BCUT2D eigenvalue weighted by Crippen LogP contribution is 2.41. The summed E-state index contributed by atoms with van der Waals surface area (Å²) in [6.07, 6.45) is 2.33. The second kappa shape index (κ2) is 5.74. The summed E-state index contributed by atoms with van der Waals surface area (Å²) in [5.41, 5.74) is 8.34. The van der Waals surface area contributed by atoms with E-state index in [0.717, 1.165) is 33.8 Å². The molecule has 0 saturated carbocycles. The van der Waals surface area contributed by atoms with Crippen molar-refractivity contribution in [3.8, 4) is 0 Å². The molecule has 0 aromatic carbocycles. The monoisotopic (exact) mass is 349 g/mol. The molecule has 1 amide bonds. The first-order chi connectivity index (χ1) is 10.7. The number of nitrogens with zero attached hydrogens (tertiary/aromatic N) is 2. The molecule has 3 rings (SSSR count). The molecule has 4 nitrogen and oxygen atoms in total. The van der Waals surface area contributed by atoms with Gasteiger partial charge in [-0.2, -0.15) is 0 Å². The highest BCUT2D eigenvalue weighted by molar-refractivity contribution is 7.18. The topological polar surface area (TPSA) is 60.9 Å². The van der Waals surface area contributed by atoms with Gasteiger partial charge >= 0.3 is 0 Å². The first-order valence-electron chi connectivity index (χ1n) is 8.52. The van der Waals surface area contributed by atoms with Gasteiger partial charge in [-0.1, -0.05) is 39.0 Å². The maximum atomic E-state index is 12.1. The third-order valence-electron chi connectivity index (χ3n) is 5.20. The smallest absolute Gasteiger partial charge is 0.265 e. The van der Waals surface area contributed by atoms with Crippen molar-refractivity contribution in [3.05, 3.63) is 16.3 Å². The van der Waals surface area contributed by atoms with Gasteiger partial charge in [0.1, 0.15) is 16.0 Å². The van der Waals surface area contributed by atoms with Crippen molar-refractivity contribution in [1.82, 2.24) is 9.55 Å². The fraction of sp³-hybridized carbons (Fsp3) is 0.647. The number of carbonyl (C=O) groups excluding carboxylic acids is 1. The predicted octanol–water partition coefficient (Wildman–Crippen LogP) is 4.67. The maximum absolute atomic E-state index is 12.1. The van der Waals surface area contributed by atoms with Crippen LogP contribution in [-0.4, -0.2) is 23.5 Å². The van der Waals surface area contributed by atoms with Crippen molar-refractivity contribution in [1.29, 1.82) is 0 Å². The first kappa shape index (κ1) is 16.7. The van der Waals surface area contributed by atoms with Crippen molar-refractivity contribution < 1.29 is 4.79 Å². The van der Waals surface area contributed by atoms with Crippen LogP contribution in [0.15, 0.2) is 0 Å². The largest absolute Gasteiger partial charge is 0.364 e. The van der Waals surface area contributed by atoms with Crippen LogP contribution in [0, 0.1) is 6.92 Å². The van der Waals surface area contributed by atoms with Gasteiger partial charge in [-0.25, -0.2) is 4.98 Å². The SMILES string of the molecule is Cc1c(C(N)=O)n(C2CC[Si](C)(C)CC2)c2sc(C(C)C)nc12. The Morgan fingerprint density at radius 3 is 2.48 bits per heavy atom. The van der Waals surface area contributed by atoms with Crippen LogP contribution in [0.4, 0.5) is 0 Å². The molecule has 6 heteroatoms. The Bertz CT molecular complexity index is 750. The molecule has 0 radical (unpaired) electrons. The Balaban J connectivity index is 2.13. The number of fused-ring (bicyclic) bond motifs is 1. The van der Waals surface area contributed by atoms with E-state index in [1.165, 1.54) is 12.1 Å². The number of primary amides is 1. The third-order valence-corrected chi connectivity index (χ3v) is 9.84. The van der Waals surface area contributed by atoms with Crippen molar-refractivity contribution in [2.24, 2.45) is 5.73 Å². The van der Waals surface area contributed by atoms with Crippen LogP contribution in [-0.2, 0) is 0 Å². The van der Waals surface area contributed by atoms with Crippen LogP contribution in [0.5, 0.6) is 0 Å². The molecule has 1 fully saturated rings. The van der Waals surface area contributed by atoms with Gasteiger partial charge in [-0.3, -0.25) is 4.79 Å². The van der Waals surface area contributed by atoms with Crippen molar-refractivity contribution in [3.63, 3.8) is 0 Å². The van der Waals surface area contributed by atoms with E-state index in [-0.39, 0.29) is 5.91 Å². The zero-order chi connectivity index (χ0) is 16.9. The van der Waals surface area contributed by atoms with Crippen LogP contribution in [0.2, 0.25) is 25.2 Å². The van der Waals surface area contributed by atoms with Crippen LogP contribution < -0.4 is 5.73 Å². The number of aryl methyl sites for hydroxylation is 1. The van der Waals surface area contributed by atoms with E-state index in [2.05, 4.69) is 31.5 Å². The quantitative estimate of drug-likeness (QED) is 0.818. The van der Waals surface area contributed by atoms with E-state index in [1.54, 1.807) is 11.3 Å². The van der Waals surface area contributed by atoms with Gasteiger partial charge in [0, 0.05) is 25.6 Å². The van der Waals surface area contributed by atoms with Crippen molar-refractivity contribution in [2.75, 3.05) is 0 Å². The predicted molar refractivity (Wildman–Crippen MR) is 100 cm³/mol. The minimum Gasteiger partial charge on any atom is -0.364 e. The fourth-order valence-electron chi connectivity index (χ4n) is 3.67. The minimum absolute atomic E-state index is 0.319. The summed E-state index contributed by atoms with van der Waals surface area (Å²) in [6, 6.07) is 3.05. The van der Waals surface area contributed by atoms with Crippen molar-refractivity contribution >= 4 is 35.7 Å². The zero-order valence-electron chi connectivity index (χ0n) is 14.8. The second-order valence-electron chi connectivity index (χ2n) is 7.96. The number of hydrogen-bond acceptors (Lipinski definition) is 3. The summed E-state index contributed by atoms with van der Waals surface area (Å²) >= 11 is 1.73. The molecule has 1 aliphatic rings. The Labute approximate surface area is 143 Å². The summed E-state index contributed by atoms with van der Waals surface area (Å²) < 4.78 is 2.24. The third kappa shape index (κ3) is 2.87. The van der Waals surface area contributed by atoms with Crippen LogP contribution in [0.3, 0.4) is 0 Å². The van der Waals surface area contributed by atoms with Gasteiger partial charge in [0.25, 0.3) is 5.91 Å². The number of thiazole rings is 1. The Morgan fingerprint density at radius 2 is 1.96 bits per heavy atom. The fourth-order valence-corrected chi connectivity index (χ4v) is 7.36. The molecule has 0 unspecified atom stereocenters. The minimum atomic E-state index is -1.02. The lowest BCUT2D eigenvalue weighted by Gasteiger charge is -2.34. The Kier molecular flexibility index (Phi) is 4.17. The molecule has 0 atom stereocenters. The maximum Gasteiger partial charge on any atom is 0.265 e. The van der Waals surface area contributed by atoms with Gasteiger partial charge in [-0.05, 0) is 19.8 Å². The zero-order valence-corrected chi connectivity index (χ0v) is 16.6. The van der Waals surface area contributed by atoms with Crippen molar-refractivity contribution in [2.45, 2.75) is 70.8 Å². The summed E-state index contributed by atoms with van der Waals surface area (Å²) in [4.78, 5) is 18.0. The molecule has 126 valence electrons. The van der Waals surface area contributed by atoms with Crippen LogP contribution in [0.25, 0.3) is 10.3 Å². The number of aromatic nitrogens is 2. The molecule has 2 N–H and O–H groups in total. The molecular formula is C17H27N3OSSi. The molecule has 0 bridgehead atoms. The van der Waals surface area contributed by atoms with Gasteiger partial charge < -0.3 is 10.3 Å². The lowest BCUT2D eigenvalue weighted by molar-refractivity contribution is 0.0989. The van der Waals surface area contributed by atoms with E-state index in [9.17, 15) is 4.79 Å². The molecule has 1 aliphatic heterocycles. The number of amides is 1. The molecule has 0 spiro atoms. The number of rotatable bonds is 3. The van der Waals surface area contributed by atoms with E-state index < -0.39 is 8.07 Å². The molecule has 1 saturated heterocycles. The Morgan fingerprint density at radius 1 is 1.35 bits per heavy atom. The molecule has 2 aromatic heterocycles. The molecule has 3 heterocycles. The summed E-state index contributed by atoms with van der Waals surface area (Å²) in [5, 5.41) is 1.15. The summed E-state index contributed by atoms with van der Waals surface area (Å²) in [6.45, 7) is 11.3. The van der Waals surface area contributed by atoms with E-state index in [1.807, 2.05) is 6.92 Å². The van der Waals surface area contributed by atoms with Gasteiger partial charge in [-0.15, -0.1) is 11.3 Å². The van der Waals surface area contributed by atoms with E-state index >= 15 is 0 Å². The van der Waals surface area contributed by atoms with Crippen LogP contribution in [0.1, 0.15) is 59.7 Å². The first-order valence-corrected chi connectivity index (χ1v) is 12.8. The van der Waals surface area contributed by atoms with E-state index in [4.69, 9.17) is 10.7 Å². The lowest BCUT2D eigenvalue weighted by atomic mass is 10.1. The standard InChI is InChI=1S/C17H27N3OSSi/c1-10(2)16-19-13-11(3)14(15(18)21)20(17(13)22-16)12-6-8-23(4,5)9-7-12/h10,12H,6-9H2,1-5H3,(H2,18,21). The summed E-state index contributed by atoms with van der Waals surface area (Å²) in [5.74, 6) is 0.0934. The molecule has 0 aliphatic carbocycles. The number of nitrogens with two attached hydrogens (primary N) is 1. The second-order valence-corrected chi connectivity index (χ2v) is 14.3. The average molecular weight is 350 g/mol. The lowest BCUT2D eigenvalue weighted by Crippen LogP contribution is -2.33. The Hall–Kier alpha value is -1.14.